The fourth-order valence-corrected chi connectivity index (χ4v) is 6.62. The molecule has 1 aromatic carbocycles. The normalized spacial score (nSPS) is 25.5. The Hall–Kier alpha value is -3.33. The summed E-state index contributed by atoms with van der Waals surface area (Å²) in [5.41, 5.74) is -1.11. The third kappa shape index (κ3) is 5.55. The zero-order valence-electron chi connectivity index (χ0n) is 23.3. The molecule has 0 unspecified atom stereocenters. The van der Waals surface area contributed by atoms with E-state index in [1.807, 2.05) is 0 Å². The van der Waals surface area contributed by atoms with Gasteiger partial charge in [0, 0.05) is 43.0 Å². The number of carbonyl (C=O) groups excluding carboxylic acids is 1. The highest BCUT2D eigenvalue weighted by Gasteiger charge is 2.60. The molecular formula is C28H32F3N5O5S. The number of esters is 1. The van der Waals surface area contributed by atoms with Gasteiger partial charge >= 0.3 is 11.9 Å². The zero-order chi connectivity index (χ0) is 30.4. The van der Waals surface area contributed by atoms with Crippen molar-refractivity contribution in [2.24, 2.45) is 4.99 Å². The molecule has 0 aliphatic carbocycles. The summed E-state index contributed by atoms with van der Waals surface area (Å²) in [4.78, 5) is 36.9. The van der Waals surface area contributed by atoms with Crippen LogP contribution in [0.1, 0.15) is 42.4 Å². The van der Waals surface area contributed by atoms with Crippen LogP contribution < -0.4 is 5.32 Å². The molecule has 3 N–H and O–H groups in total. The van der Waals surface area contributed by atoms with E-state index in [0.29, 0.717) is 22.8 Å². The number of halogens is 3. The number of amidine groups is 1. The van der Waals surface area contributed by atoms with E-state index in [9.17, 15) is 24.2 Å². The fourth-order valence-electron chi connectivity index (χ4n) is 6.03. The van der Waals surface area contributed by atoms with Crippen LogP contribution in [-0.4, -0.2) is 99.2 Å². The fraction of sp³-hybridized carbons (Fsp3) is 0.500. The summed E-state index contributed by atoms with van der Waals surface area (Å²) >= 11 is 1.29. The number of aliphatic imine (C=N–C) groups is 1. The molecule has 2 aromatic rings. The first-order chi connectivity index (χ1) is 19.8. The van der Waals surface area contributed by atoms with Crippen molar-refractivity contribution in [2.45, 2.75) is 56.8 Å². The molecule has 42 heavy (non-hydrogen) atoms. The number of benzene rings is 1. The molecule has 0 amide bonds. The van der Waals surface area contributed by atoms with E-state index in [4.69, 9.17) is 9.73 Å². The number of β-amino-alcohol motifs (C(OH)–C–C–N with tert-alkyl or cyclic N) is 1. The Morgan fingerprint density at radius 2 is 2.07 bits per heavy atom. The lowest BCUT2D eigenvalue weighted by molar-refractivity contribution is -0.160. The minimum Gasteiger partial charge on any atom is -0.479 e. The van der Waals surface area contributed by atoms with Crippen LogP contribution in [0, 0.1) is 12.7 Å². The smallest absolute Gasteiger partial charge is 0.338 e. The molecule has 0 saturated carbocycles. The number of carboxylic acids is 1. The first kappa shape index (κ1) is 30.1. The number of nitrogens with zero attached hydrogens (tertiary/aromatic N) is 4. The molecule has 2 fully saturated rings. The van der Waals surface area contributed by atoms with Crippen molar-refractivity contribution < 1.29 is 37.7 Å². The summed E-state index contributed by atoms with van der Waals surface area (Å²) in [6.45, 7) is 3.32. The first-order valence-electron chi connectivity index (χ1n) is 13.6. The standard InChI is InChI=1S/C28H32F3N5O5S/c1-4-41-25(37)20-18(12-36-14-28(30,31)22-19(36)8-10-35(22)13-27(3,40)26(38)39)33-23(24-32-9-11-42-24)34-21(20)16-6-5-7-17(29)15(16)2/h5-7,9,11,19,21-22,40H,4,8,10,12-14H2,1-3H3,(H,33,34)(H,38,39)/t19-,21-,22+,27+/m0/s1. The molecule has 0 spiro atoms. The van der Waals surface area contributed by atoms with Crippen LogP contribution >= 0.6 is 11.3 Å². The summed E-state index contributed by atoms with van der Waals surface area (Å²) in [7, 11) is 0. The number of likely N-dealkylation sites (tertiary alicyclic amines) is 2. The number of carbonyl (C=O) groups is 2. The predicted octanol–water partition coefficient (Wildman–Crippen LogP) is 2.73. The largest absolute Gasteiger partial charge is 0.479 e. The van der Waals surface area contributed by atoms with Crippen molar-refractivity contribution in [3.8, 4) is 0 Å². The van der Waals surface area contributed by atoms with Gasteiger partial charge in [-0.15, -0.1) is 11.3 Å². The summed E-state index contributed by atoms with van der Waals surface area (Å²) < 4.78 is 51.1. The molecule has 4 atom stereocenters. The molecule has 0 radical (unpaired) electrons. The lowest BCUT2D eigenvalue weighted by Crippen LogP contribution is -2.53. The molecule has 4 heterocycles. The van der Waals surface area contributed by atoms with Crippen molar-refractivity contribution in [1.29, 1.82) is 0 Å². The van der Waals surface area contributed by atoms with Crippen molar-refractivity contribution >= 4 is 29.1 Å². The monoisotopic (exact) mass is 607 g/mol. The summed E-state index contributed by atoms with van der Waals surface area (Å²) in [5.74, 6) is -5.59. The van der Waals surface area contributed by atoms with Crippen LogP contribution in [0.2, 0.25) is 0 Å². The average Bonchev–Trinajstić information content (AvgIpc) is 3.65. The van der Waals surface area contributed by atoms with Gasteiger partial charge in [-0.2, -0.15) is 0 Å². The van der Waals surface area contributed by atoms with E-state index in [1.54, 1.807) is 36.4 Å². The average molecular weight is 608 g/mol. The Balaban J connectivity index is 1.55. The van der Waals surface area contributed by atoms with Gasteiger partial charge in [0.1, 0.15) is 11.9 Å². The predicted molar refractivity (Wildman–Crippen MR) is 148 cm³/mol. The number of aromatic nitrogens is 1. The van der Waals surface area contributed by atoms with E-state index in [-0.39, 0.29) is 36.5 Å². The number of ether oxygens (including phenoxy) is 1. The first-order valence-corrected chi connectivity index (χ1v) is 14.4. The van der Waals surface area contributed by atoms with E-state index in [2.05, 4.69) is 10.3 Å². The molecule has 3 aliphatic heterocycles. The van der Waals surface area contributed by atoms with Crippen LogP contribution in [0.4, 0.5) is 13.2 Å². The highest BCUT2D eigenvalue weighted by molar-refractivity contribution is 7.11. The highest BCUT2D eigenvalue weighted by atomic mass is 32.1. The number of aliphatic carboxylic acids is 1. The quantitative estimate of drug-likeness (QED) is 0.369. The third-order valence-electron chi connectivity index (χ3n) is 7.98. The van der Waals surface area contributed by atoms with Crippen molar-refractivity contribution in [3.05, 3.63) is 63.0 Å². The lowest BCUT2D eigenvalue weighted by atomic mass is 9.92. The molecule has 10 nitrogen and oxygen atoms in total. The molecule has 0 bridgehead atoms. The van der Waals surface area contributed by atoms with Crippen molar-refractivity contribution in [2.75, 3.05) is 32.8 Å². The van der Waals surface area contributed by atoms with Gasteiger partial charge in [0.05, 0.1) is 24.8 Å². The molecule has 3 aliphatic rings. The molecule has 2 saturated heterocycles. The van der Waals surface area contributed by atoms with Crippen LogP contribution in [-0.2, 0) is 14.3 Å². The van der Waals surface area contributed by atoms with Crippen molar-refractivity contribution in [1.82, 2.24) is 20.1 Å². The number of nitrogens with one attached hydrogen (secondary N) is 1. The van der Waals surface area contributed by atoms with Gasteiger partial charge in [-0.1, -0.05) is 12.1 Å². The number of alkyl halides is 2. The summed E-state index contributed by atoms with van der Waals surface area (Å²) in [6, 6.07) is 1.49. The maximum Gasteiger partial charge on any atom is 0.338 e. The number of thiazole rings is 1. The van der Waals surface area contributed by atoms with Crippen LogP contribution in [0.25, 0.3) is 0 Å². The maximum absolute atomic E-state index is 15.5. The van der Waals surface area contributed by atoms with E-state index in [0.717, 1.165) is 6.92 Å². The number of hydrogen-bond acceptors (Lipinski definition) is 10. The van der Waals surface area contributed by atoms with Crippen LogP contribution in [0.5, 0.6) is 0 Å². The van der Waals surface area contributed by atoms with Gasteiger partial charge in [0.25, 0.3) is 5.92 Å². The minimum absolute atomic E-state index is 0.0540. The lowest BCUT2D eigenvalue weighted by Gasteiger charge is -2.32. The molecule has 226 valence electrons. The Bertz CT molecular complexity index is 1430. The number of fused-ring (bicyclic) bond motifs is 1. The number of hydrogen-bond donors (Lipinski definition) is 3. The second-order valence-electron chi connectivity index (χ2n) is 10.9. The van der Waals surface area contributed by atoms with Gasteiger partial charge in [-0.3, -0.25) is 14.8 Å². The Labute approximate surface area is 244 Å². The van der Waals surface area contributed by atoms with Gasteiger partial charge < -0.3 is 20.3 Å². The SMILES string of the molecule is CCOC(=O)C1=C(CN2CC(F)(F)[C@H]3[C@@H]2CCN3C[C@@](C)(O)C(=O)O)NC(c2nccs2)=N[C@H]1c1cccc(F)c1C. The van der Waals surface area contributed by atoms with E-state index < -0.39 is 60.5 Å². The summed E-state index contributed by atoms with van der Waals surface area (Å²) in [6.07, 6.45) is 1.89. The molecular weight excluding hydrogens is 575 g/mol. The summed E-state index contributed by atoms with van der Waals surface area (Å²) in [5, 5.41) is 25.0. The maximum atomic E-state index is 15.5. The van der Waals surface area contributed by atoms with E-state index in [1.165, 1.54) is 28.4 Å². The Morgan fingerprint density at radius 1 is 1.31 bits per heavy atom. The Morgan fingerprint density at radius 3 is 2.74 bits per heavy atom. The molecule has 14 heteroatoms. The topological polar surface area (TPSA) is 128 Å². The van der Waals surface area contributed by atoms with Crippen LogP contribution in [0.15, 0.2) is 46.0 Å². The second-order valence-corrected chi connectivity index (χ2v) is 11.8. The molecule has 1 aromatic heterocycles. The van der Waals surface area contributed by atoms with Gasteiger partial charge in [-0.05, 0) is 44.4 Å². The minimum atomic E-state index is -3.22. The number of rotatable bonds is 9. The van der Waals surface area contributed by atoms with Gasteiger partial charge in [-0.25, -0.2) is 27.7 Å². The van der Waals surface area contributed by atoms with Gasteiger partial charge in [0.2, 0.25) is 0 Å². The van der Waals surface area contributed by atoms with Crippen LogP contribution in [0.3, 0.4) is 0 Å². The highest BCUT2D eigenvalue weighted by Crippen LogP contribution is 2.43. The Kier molecular flexibility index (Phi) is 8.18. The van der Waals surface area contributed by atoms with Gasteiger partial charge in [0.15, 0.2) is 16.4 Å². The van der Waals surface area contributed by atoms with Crippen molar-refractivity contribution in [3.63, 3.8) is 0 Å². The third-order valence-corrected chi connectivity index (χ3v) is 8.76. The zero-order valence-corrected chi connectivity index (χ0v) is 24.1. The number of carboxylic acid groups (broad SMARTS) is 1. The van der Waals surface area contributed by atoms with E-state index >= 15 is 8.78 Å². The molecule has 5 rings (SSSR count). The number of aliphatic hydroxyl groups is 1. The second kappa shape index (κ2) is 11.4.